The van der Waals surface area contributed by atoms with Gasteiger partial charge in [0.1, 0.15) is 5.75 Å². The van der Waals surface area contributed by atoms with E-state index in [1.807, 2.05) is 25.1 Å². The van der Waals surface area contributed by atoms with Gasteiger partial charge in [-0.25, -0.2) is 4.98 Å². The highest BCUT2D eigenvalue weighted by molar-refractivity contribution is 7.11. The van der Waals surface area contributed by atoms with Gasteiger partial charge in [0.05, 0.1) is 17.8 Å². The van der Waals surface area contributed by atoms with E-state index in [4.69, 9.17) is 16.3 Å². The second-order valence-electron chi connectivity index (χ2n) is 4.74. The lowest BCUT2D eigenvalue weighted by molar-refractivity contribution is 0.406. The van der Waals surface area contributed by atoms with Gasteiger partial charge in [-0.1, -0.05) is 11.6 Å². The number of nitrogens with zero attached hydrogens (tertiary/aromatic N) is 1. The molecule has 1 aromatic heterocycles. The van der Waals surface area contributed by atoms with Gasteiger partial charge in [0.25, 0.3) is 0 Å². The zero-order valence-corrected chi connectivity index (χ0v) is 13.7. The predicted octanol–water partition coefficient (Wildman–Crippen LogP) is 4.27. The van der Waals surface area contributed by atoms with Crippen LogP contribution in [0.15, 0.2) is 18.2 Å². The highest BCUT2D eigenvalue weighted by Gasteiger charge is 2.13. The number of halogens is 1. The normalized spacial score (nSPS) is 12.4. The third-order valence-corrected chi connectivity index (χ3v) is 4.66. The Bertz CT molecular complexity index is 598. The third kappa shape index (κ3) is 3.51. The van der Waals surface area contributed by atoms with Crippen molar-refractivity contribution in [1.29, 1.82) is 0 Å². The number of hydrogen-bond acceptors (Lipinski definition) is 4. The number of ether oxygens (including phenoxy) is 1. The van der Waals surface area contributed by atoms with E-state index in [0.29, 0.717) is 6.54 Å². The van der Waals surface area contributed by atoms with Gasteiger partial charge in [0.2, 0.25) is 0 Å². The summed E-state index contributed by atoms with van der Waals surface area (Å²) in [5.74, 6) is 0.853. The van der Waals surface area contributed by atoms with Crippen LogP contribution in [0.1, 0.15) is 34.1 Å². The lowest BCUT2D eigenvalue weighted by Crippen LogP contribution is -2.18. The molecule has 0 bridgehead atoms. The zero-order chi connectivity index (χ0) is 14.7. The van der Waals surface area contributed by atoms with Crippen molar-refractivity contribution in [3.8, 4) is 5.75 Å². The van der Waals surface area contributed by atoms with E-state index in [1.165, 1.54) is 4.88 Å². The molecule has 1 unspecified atom stereocenters. The smallest absolute Gasteiger partial charge is 0.123 e. The largest absolute Gasteiger partial charge is 0.496 e. The van der Waals surface area contributed by atoms with Gasteiger partial charge in [-0.3, -0.25) is 0 Å². The van der Waals surface area contributed by atoms with E-state index in [0.717, 1.165) is 27.0 Å². The molecule has 2 rings (SSSR count). The van der Waals surface area contributed by atoms with Crippen molar-refractivity contribution in [1.82, 2.24) is 10.3 Å². The molecular formula is C15H19ClN2OS. The molecule has 3 nitrogen and oxygen atoms in total. The quantitative estimate of drug-likeness (QED) is 0.895. The van der Waals surface area contributed by atoms with Crippen LogP contribution in [0, 0.1) is 13.8 Å². The van der Waals surface area contributed by atoms with Crippen molar-refractivity contribution in [2.45, 2.75) is 33.4 Å². The Kier molecular flexibility index (Phi) is 5.02. The van der Waals surface area contributed by atoms with E-state index in [-0.39, 0.29) is 6.04 Å². The Morgan fingerprint density at radius 2 is 2.15 bits per heavy atom. The molecule has 0 aliphatic heterocycles. The topological polar surface area (TPSA) is 34.1 Å². The summed E-state index contributed by atoms with van der Waals surface area (Å²) in [4.78, 5) is 5.75. The Balaban J connectivity index is 2.08. The molecular weight excluding hydrogens is 292 g/mol. The number of aromatic nitrogens is 1. The number of rotatable bonds is 5. The number of hydrogen-bond donors (Lipinski definition) is 1. The van der Waals surface area contributed by atoms with Crippen LogP contribution < -0.4 is 10.1 Å². The van der Waals surface area contributed by atoms with Crippen LogP contribution in [0.5, 0.6) is 5.75 Å². The molecule has 0 aliphatic rings. The number of aryl methyl sites for hydroxylation is 2. The van der Waals surface area contributed by atoms with Crippen LogP contribution in [-0.2, 0) is 6.54 Å². The first-order chi connectivity index (χ1) is 9.51. The fourth-order valence-electron chi connectivity index (χ4n) is 2.19. The standard InChI is InChI=1S/C15H19ClN2OS/c1-9(15-10(2)18-11(3)20-15)17-8-12-7-13(16)5-6-14(12)19-4/h5-7,9,17H,8H2,1-4H3. The van der Waals surface area contributed by atoms with Gasteiger partial charge < -0.3 is 10.1 Å². The van der Waals surface area contributed by atoms with Crippen LogP contribution in [0.3, 0.4) is 0 Å². The molecule has 0 radical (unpaired) electrons. The third-order valence-electron chi connectivity index (χ3n) is 3.17. The molecule has 108 valence electrons. The number of benzene rings is 1. The van der Waals surface area contributed by atoms with Crippen molar-refractivity contribution in [2.75, 3.05) is 7.11 Å². The molecule has 0 amide bonds. The Labute approximate surface area is 129 Å². The Morgan fingerprint density at radius 1 is 1.40 bits per heavy atom. The average molecular weight is 311 g/mol. The monoisotopic (exact) mass is 310 g/mol. The highest BCUT2D eigenvalue weighted by Crippen LogP contribution is 2.26. The summed E-state index contributed by atoms with van der Waals surface area (Å²) >= 11 is 7.78. The number of nitrogens with one attached hydrogen (secondary N) is 1. The number of methoxy groups -OCH3 is 1. The molecule has 1 atom stereocenters. The summed E-state index contributed by atoms with van der Waals surface area (Å²) in [6, 6.07) is 5.92. The summed E-state index contributed by atoms with van der Waals surface area (Å²) < 4.78 is 5.36. The second-order valence-corrected chi connectivity index (χ2v) is 6.41. The lowest BCUT2D eigenvalue weighted by atomic mass is 10.1. The van der Waals surface area contributed by atoms with Crippen LogP contribution in [0.4, 0.5) is 0 Å². The molecule has 0 saturated heterocycles. The van der Waals surface area contributed by atoms with Gasteiger partial charge in [0, 0.05) is 28.0 Å². The predicted molar refractivity (Wildman–Crippen MR) is 84.8 cm³/mol. The molecule has 20 heavy (non-hydrogen) atoms. The van der Waals surface area contributed by atoms with Crippen LogP contribution >= 0.6 is 22.9 Å². The van der Waals surface area contributed by atoms with Crippen LogP contribution in [0.2, 0.25) is 5.02 Å². The molecule has 5 heteroatoms. The lowest BCUT2D eigenvalue weighted by Gasteiger charge is -2.15. The van der Waals surface area contributed by atoms with Crippen LogP contribution in [0.25, 0.3) is 0 Å². The maximum atomic E-state index is 6.04. The molecule has 1 aromatic carbocycles. The first kappa shape index (κ1) is 15.3. The molecule has 1 heterocycles. The van der Waals surface area contributed by atoms with Gasteiger partial charge in [-0.15, -0.1) is 11.3 Å². The van der Waals surface area contributed by atoms with E-state index >= 15 is 0 Å². The first-order valence-corrected chi connectivity index (χ1v) is 7.70. The molecule has 0 spiro atoms. The summed E-state index contributed by atoms with van der Waals surface area (Å²) in [7, 11) is 1.67. The Hall–Kier alpha value is -1.10. The van der Waals surface area contributed by atoms with Gasteiger partial charge in [0.15, 0.2) is 0 Å². The molecule has 0 aliphatic carbocycles. The first-order valence-electron chi connectivity index (χ1n) is 6.51. The Morgan fingerprint density at radius 3 is 2.75 bits per heavy atom. The SMILES string of the molecule is COc1ccc(Cl)cc1CNC(C)c1sc(C)nc1C. The fraction of sp³-hybridized carbons (Fsp3) is 0.400. The van der Waals surface area contributed by atoms with E-state index in [9.17, 15) is 0 Å². The molecule has 2 aromatic rings. The van der Waals surface area contributed by atoms with Crippen molar-refractivity contribution >= 4 is 22.9 Å². The summed E-state index contributed by atoms with van der Waals surface area (Å²) in [6.07, 6.45) is 0. The second kappa shape index (κ2) is 6.57. The molecule has 1 N–H and O–H groups in total. The maximum absolute atomic E-state index is 6.04. The maximum Gasteiger partial charge on any atom is 0.123 e. The van der Waals surface area contributed by atoms with Gasteiger partial charge >= 0.3 is 0 Å². The van der Waals surface area contributed by atoms with E-state index in [2.05, 4.69) is 24.1 Å². The zero-order valence-electron chi connectivity index (χ0n) is 12.2. The number of thiazole rings is 1. The summed E-state index contributed by atoms with van der Waals surface area (Å²) in [5, 5.41) is 5.33. The van der Waals surface area contributed by atoms with Crippen molar-refractivity contribution in [3.63, 3.8) is 0 Å². The van der Waals surface area contributed by atoms with Gasteiger partial charge in [-0.05, 0) is 39.0 Å². The van der Waals surface area contributed by atoms with Crippen molar-refractivity contribution in [3.05, 3.63) is 44.4 Å². The fourth-order valence-corrected chi connectivity index (χ4v) is 3.34. The summed E-state index contributed by atoms with van der Waals surface area (Å²) in [6.45, 7) is 6.95. The van der Waals surface area contributed by atoms with E-state index in [1.54, 1.807) is 18.4 Å². The van der Waals surface area contributed by atoms with Gasteiger partial charge in [-0.2, -0.15) is 0 Å². The minimum atomic E-state index is 0.255. The van der Waals surface area contributed by atoms with Crippen molar-refractivity contribution in [2.24, 2.45) is 0 Å². The summed E-state index contributed by atoms with van der Waals surface area (Å²) in [5.41, 5.74) is 2.16. The average Bonchev–Trinajstić information content (AvgIpc) is 2.75. The minimum Gasteiger partial charge on any atom is -0.496 e. The van der Waals surface area contributed by atoms with E-state index < -0.39 is 0 Å². The molecule has 0 saturated carbocycles. The molecule has 0 fully saturated rings. The minimum absolute atomic E-state index is 0.255. The van der Waals surface area contributed by atoms with Crippen molar-refractivity contribution < 1.29 is 4.74 Å². The highest BCUT2D eigenvalue weighted by atomic mass is 35.5. The van der Waals surface area contributed by atoms with Crippen LogP contribution in [-0.4, -0.2) is 12.1 Å².